The van der Waals surface area contributed by atoms with Crippen molar-refractivity contribution in [3.05, 3.63) is 11.6 Å². The topological polar surface area (TPSA) is 46.2 Å². The SMILES string of the molecule is C/C(=C\CS(C)(=O)=O)C1CCNC1. The Bertz CT molecular complexity index is 287. The Morgan fingerprint density at radius 2 is 2.31 bits per heavy atom. The first-order valence-corrected chi connectivity index (χ1v) is 6.60. The van der Waals surface area contributed by atoms with E-state index in [2.05, 4.69) is 5.32 Å². The molecule has 1 N–H and O–H groups in total. The summed E-state index contributed by atoms with van der Waals surface area (Å²) in [7, 11) is -2.85. The molecule has 0 spiro atoms. The summed E-state index contributed by atoms with van der Waals surface area (Å²) in [5.41, 5.74) is 1.20. The van der Waals surface area contributed by atoms with Crippen LogP contribution in [-0.4, -0.2) is 33.5 Å². The lowest BCUT2D eigenvalue weighted by Gasteiger charge is -2.07. The Balaban J connectivity index is 2.50. The van der Waals surface area contributed by atoms with Gasteiger partial charge in [0.1, 0.15) is 0 Å². The highest BCUT2D eigenvalue weighted by molar-refractivity contribution is 7.90. The minimum atomic E-state index is -2.85. The van der Waals surface area contributed by atoms with Crippen LogP contribution < -0.4 is 5.32 Å². The summed E-state index contributed by atoms with van der Waals surface area (Å²) in [4.78, 5) is 0. The summed E-state index contributed by atoms with van der Waals surface area (Å²) in [6.45, 7) is 4.06. The third-order valence-electron chi connectivity index (χ3n) is 2.41. The second-order valence-corrected chi connectivity index (χ2v) is 5.92. The number of nitrogens with one attached hydrogen (secondary N) is 1. The Morgan fingerprint density at radius 3 is 2.77 bits per heavy atom. The summed E-state index contributed by atoms with van der Waals surface area (Å²) < 4.78 is 21.8. The molecule has 1 aliphatic rings. The molecule has 0 aromatic carbocycles. The Labute approximate surface area is 80.1 Å². The molecule has 0 aliphatic carbocycles. The van der Waals surface area contributed by atoms with Gasteiger partial charge in [-0.15, -0.1) is 0 Å². The minimum absolute atomic E-state index is 0.176. The monoisotopic (exact) mass is 203 g/mol. The van der Waals surface area contributed by atoms with Crippen molar-refractivity contribution in [1.82, 2.24) is 5.32 Å². The normalized spacial score (nSPS) is 25.1. The van der Waals surface area contributed by atoms with E-state index in [0.29, 0.717) is 5.92 Å². The molecule has 1 aliphatic heterocycles. The summed E-state index contributed by atoms with van der Waals surface area (Å²) in [6, 6.07) is 0. The van der Waals surface area contributed by atoms with E-state index in [1.807, 2.05) is 13.0 Å². The first-order valence-electron chi connectivity index (χ1n) is 4.54. The number of sulfone groups is 1. The van der Waals surface area contributed by atoms with Gasteiger partial charge < -0.3 is 5.32 Å². The van der Waals surface area contributed by atoms with Crippen molar-refractivity contribution in [2.45, 2.75) is 13.3 Å². The lowest BCUT2D eigenvalue weighted by atomic mass is 10.00. The molecule has 13 heavy (non-hydrogen) atoms. The van der Waals surface area contributed by atoms with Crippen LogP contribution in [0.15, 0.2) is 11.6 Å². The van der Waals surface area contributed by atoms with Gasteiger partial charge in [0.2, 0.25) is 0 Å². The molecular formula is C9H17NO2S. The highest BCUT2D eigenvalue weighted by Gasteiger charge is 2.15. The molecule has 3 nitrogen and oxygen atoms in total. The van der Waals surface area contributed by atoms with Crippen molar-refractivity contribution in [1.29, 1.82) is 0 Å². The van der Waals surface area contributed by atoms with Gasteiger partial charge in [-0.2, -0.15) is 0 Å². The molecule has 0 radical (unpaired) electrons. The Morgan fingerprint density at radius 1 is 1.62 bits per heavy atom. The lowest BCUT2D eigenvalue weighted by molar-refractivity contribution is 0.604. The summed E-state index contributed by atoms with van der Waals surface area (Å²) in [5, 5.41) is 3.26. The van der Waals surface area contributed by atoms with E-state index in [4.69, 9.17) is 0 Å². The maximum Gasteiger partial charge on any atom is 0.151 e. The molecule has 1 rings (SSSR count). The molecule has 1 unspecified atom stereocenters. The lowest BCUT2D eigenvalue weighted by Crippen LogP contribution is -2.10. The van der Waals surface area contributed by atoms with Gasteiger partial charge in [-0.25, -0.2) is 8.42 Å². The van der Waals surface area contributed by atoms with Gasteiger partial charge in [0, 0.05) is 12.8 Å². The smallest absolute Gasteiger partial charge is 0.151 e. The molecule has 76 valence electrons. The fourth-order valence-corrected chi connectivity index (χ4v) is 2.06. The van der Waals surface area contributed by atoms with Crippen LogP contribution in [0, 0.1) is 5.92 Å². The van der Waals surface area contributed by atoms with Gasteiger partial charge in [0.15, 0.2) is 9.84 Å². The van der Waals surface area contributed by atoms with Crippen molar-refractivity contribution in [2.75, 3.05) is 25.1 Å². The molecule has 4 heteroatoms. The zero-order valence-electron chi connectivity index (χ0n) is 8.21. The predicted molar refractivity (Wildman–Crippen MR) is 54.4 cm³/mol. The maximum absolute atomic E-state index is 10.9. The molecule has 0 saturated carbocycles. The average molecular weight is 203 g/mol. The van der Waals surface area contributed by atoms with Crippen LogP contribution in [0.25, 0.3) is 0 Å². The van der Waals surface area contributed by atoms with Crippen LogP contribution in [0.2, 0.25) is 0 Å². The highest BCUT2D eigenvalue weighted by Crippen LogP contribution is 2.17. The average Bonchev–Trinajstić information content (AvgIpc) is 2.50. The molecule has 0 aromatic rings. The maximum atomic E-state index is 10.9. The van der Waals surface area contributed by atoms with E-state index in [9.17, 15) is 8.42 Å². The van der Waals surface area contributed by atoms with E-state index < -0.39 is 9.84 Å². The van der Waals surface area contributed by atoms with Crippen molar-refractivity contribution < 1.29 is 8.42 Å². The number of hydrogen-bond donors (Lipinski definition) is 1. The second-order valence-electron chi connectivity index (χ2n) is 3.73. The fraction of sp³-hybridized carbons (Fsp3) is 0.778. The Hall–Kier alpha value is -0.350. The van der Waals surface area contributed by atoms with Crippen molar-refractivity contribution in [3.8, 4) is 0 Å². The van der Waals surface area contributed by atoms with Gasteiger partial charge in [0.05, 0.1) is 5.75 Å². The van der Waals surface area contributed by atoms with Crippen molar-refractivity contribution in [3.63, 3.8) is 0 Å². The largest absolute Gasteiger partial charge is 0.316 e. The molecule has 1 atom stereocenters. The third kappa shape index (κ3) is 3.91. The van der Waals surface area contributed by atoms with Crippen LogP contribution in [0.5, 0.6) is 0 Å². The van der Waals surface area contributed by atoms with Crippen LogP contribution in [0.4, 0.5) is 0 Å². The molecular weight excluding hydrogens is 186 g/mol. The minimum Gasteiger partial charge on any atom is -0.316 e. The van der Waals surface area contributed by atoms with Crippen LogP contribution >= 0.6 is 0 Å². The quantitative estimate of drug-likeness (QED) is 0.683. The van der Waals surface area contributed by atoms with Crippen molar-refractivity contribution >= 4 is 9.84 Å². The van der Waals surface area contributed by atoms with Gasteiger partial charge in [-0.3, -0.25) is 0 Å². The number of rotatable bonds is 3. The van der Waals surface area contributed by atoms with Gasteiger partial charge in [0.25, 0.3) is 0 Å². The first kappa shape index (κ1) is 10.7. The molecule has 1 saturated heterocycles. The van der Waals surface area contributed by atoms with E-state index in [0.717, 1.165) is 19.5 Å². The standard InChI is InChI=1S/C9H17NO2S/c1-8(4-6-13(2,11)12)9-3-5-10-7-9/h4,9-10H,3,5-7H2,1-2H3/b8-4+. The number of hydrogen-bond acceptors (Lipinski definition) is 3. The zero-order chi connectivity index (χ0) is 9.90. The van der Waals surface area contributed by atoms with Gasteiger partial charge >= 0.3 is 0 Å². The van der Waals surface area contributed by atoms with Crippen LogP contribution in [0.1, 0.15) is 13.3 Å². The van der Waals surface area contributed by atoms with Gasteiger partial charge in [-0.1, -0.05) is 11.6 Å². The first-order chi connectivity index (χ1) is 5.99. The highest BCUT2D eigenvalue weighted by atomic mass is 32.2. The molecule has 0 bridgehead atoms. The molecule has 0 amide bonds. The van der Waals surface area contributed by atoms with Crippen LogP contribution in [-0.2, 0) is 9.84 Å². The second kappa shape index (κ2) is 4.24. The van der Waals surface area contributed by atoms with Crippen molar-refractivity contribution in [2.24, 2.45) is 5.92 Å². The molecule has 0 aromatic heterocycles. The third-order valence-corrected chi connectivity index (χ3v) is 3.18. The summed E-state index contributed by atoms with van der Waals surface area (Å²) in [6.07, 6.45) is 4.24. The summed E-state index contributed by atoms with van der Waals surface area (Å²) >= 11 is 0. The van der Waals surface area contributed by atoms with E-state index in [1.165, 1.54) is 11.8 Å². The summed E-state index contributed by atoms with van der Waals surface area (Å²) in [5.74, 6) is 0.719. The van der Waals surface area contributed by atoms with E-state index in [1.54, 1.807) is 0 Å². The molecule has 1 heterocycles. The van der Waals surface area contributed by atoms with E-state index in [-0.39, 0.29) is 5.75 Å². The van der Waals surface area contributed by atoms with Gasteiger partial charge in [-0.05, 0) is 25.8 Å². The zero-order valence-corrected chi connectivity index (χ0v) is 9.02. The van der Waals surface area contributed by atoms with E-state index >= 15 is 0 Å². The molecule has 1 fully saturated rings. The fourth-order valence-electron chi connectivity index (χ4n) is 1.49. The predicted octanol–water partition coefficient (Wildman–Crippen LogP) is 0.587. The van der Waals surface area contributed by atoms with Crippen LogP contribution in [0.3, 0.4) is 0 Å². The Kier molecular flexibility index (Phi) is 3.50.